The molecule has 0 saturated carbocycles. The monoisotopic (exact) mass is 216 g/mol. The van der Waals surface area contributed by atoms with E-state index >= 15 is 0 Å². The Kier molecular flexibility index (Phi) is 12.9. The van der Waals surface area contributed by atoms with Crippen molar-refractivity contribution >= 4 is 5.91 Å². The van der Waals surface area contributed by atoms with Gasteiger partial charge in [-0.2, -0.15) is 0 Å². The zero-order valence-corrected chi connectivity index (χ0v) is 11.0. The molecule has 0 aromatic carbocycles. The Morgan fingerprint density at radius 2 is 1.60 bits per heavy atom. The first-order chi connectivity index (χ1) is 7.24. The highest BCUT2D eigenvalue weighted by Crippen LogP contribution is 2.15. The van der Waals surface area contributed by atoms with Gasteiger partial charge in [0.05, 0.1) is 0 Å². The van der Waals surface area contributed by atoms with E-state index in [0.29, 0.717) is 0 Å². The molecule has 3 nitrogen and oxygen atoms in total. The number of piperidine rings is 1. The maximum Gasteiger partial charge on any atom is 0.220 e. The Hall–Kier alpha value is -0.570. The summed E-state index contributed by atoms with van der Waals surface area (Å²) in [7, 11) is 0. The van der Waals surface area contributed by atoms with E-state index in [-0.39, 0.29) is 11.8 Å². The SMILES string of the molecule is CC.CC.CCN1CCC(C(N)=O)CC1. The van der Waals surface area contributed by atoms with Crippen molar-refractivity contribution in [2.75, 3.05) is 19.6 Å². The van der Waals surface area contributed by atoms with E-state index in [2.05, 4.69) is 11.8 Å². The van der Waals surface area contributed by atoms with E-state index in [0.717, 1.165) is 32.5 Å². The van der Waals surface area contributed by atoms with Gasteiger partial charge < -0.3 is 10.6 Å². The van der Waals surface area contributed by atoms with Crippen molar-refractivity contribution < 1.29 is 4.79 Å². The standard InChI is InChI=1S/C8H16N2O.2C2H6/c1-2-10-5-3-7(4-6-10)8(9)11;2*1-2/h7H,2-6H2,1H3,(H2,9,11);2*1-2H3. The van der Waals surface area contributed by atoms with Crippen molar-refractivity contribution in [2.45, 2.75) is 47.5 Å². The largest absolute Gasteiger partial charge is 0.369 e. The van der Waals surface area contributed by atoms with Crippen LogP contribution in [0.2, 0.25) is 0 Å². The van der Waals surface area contributed by atoms with Crippen LogP contribution in [0.15, 0.2) is 0 Å². The maximum absolute atomic E-state index is 10.8. The first kappa shape index (κ1) is 16.8. The van der Waals surface area contributed by atoms with Crippen LogP contribution in [-0.4, -0.2) is 30.4 Å². The predicted molar refractivity (Wildman–Crippen MR) is 66.7 cm³/mol. The summed E-state index contributed by atoms with van der Waals surface area (Å²) < 4.78 is 0. The Morgan fingerprint density at radius 3 is 1.87 bits per heavy atom. The number of hydrogen-bond donors (Lipinski definition) is 1. The molecule has 3 heteroatoms. The lowest BCUT2D eigenvalue weighted by Gasteiger charge is -2.29. The normalized spacial score (nSPS) is 16.9. The molecule has 0 bridgehead atoms. The third-order valence-electron chi connectivity index (χ3n) is 2.44. The Bertz CT molecular complexity index is 141. The number of hydrogen-bond acceptors (Lipinski definition) is 2. The molecular formula is C12H28N2O. The van der Waals surface area contributed by atoms with Gasteiger partial charge in [-0.05, 0) is 32.5 Å². The fraction of sp³-hybridized carbons (Fsp3) is 0.917. The van der Waals surface area contributed by atoms with Gasteiger partial charge in [-0.1, -0.05) is 34.6 Å². The minimum absolute atomic E-state index is 0.124. The Balaban J connectivity index is 0. The summed E-state index contributed by atoms with van der Waals surface area (Å²) in [5, 5.41) is 0. The molecule has 1 fully saturated rings. The molecule has 1 amide bonds. The molecule has 1 heterocycles. The quantitative estimate of drug-likeness (QED) is 0.769. The van der Waals surface area contributed by atoms with Gasteiger partial charge in [-0.25, -0.2) is 0 Å². The predicted octanol–water partition coefficient (Wildman–Crippen LogP) is 2.26. The Labute approximate surface area is 95.0 Å². The average molecular weight is 216 g/mol. The van der Waals surface area contributed by atoms with Crippen LogP contribution in [0.25, 0.3) is 0 Å². The fourth-order valence-electron chi connectivity index (χ4n) is 1.53. The van der Waals surface area contributed by atoms with E-state index in [9.17, 15) is 4.79 Å². The van der Waals surface area contributed by atoms with Gasteiger partial charge in [0.25, 0.3) is 0 Å². The van der Waals surface area contributed by atoms with Crippen molar-refractivity contribution in [1.82, 2.24) is 4.90 Å². The van der Waals surface area contributed by atoms with Gasteiger partial charge in [0.15, 0.2) is 0 Å². The number of nitrogens with two attached hydrogens (primary N) is 1. The summed E-state index contributed by atoms with van der Waals surface area (Å²) in [6, 6.07) is 0. The summed E-state index contributed by atoms with van der Waals surface area (Å²) in [5.41, 5.74) is 5.20. The van der Waals surface area contributed by atoms with Crippen LogP contribution in [0.1, 0.15) is 47.5 Å². The van der Waals surface area contributed by atoms with Crippen molar-refractivity contribution in [3.8, 4) is 0 Å². The van der Waals surface area contributed by atoms with Gasteiger partial charge in [0.2, 0.25) is 5.91 Å². The minimum atomic E-state index is -0.124. The molecule has 0 atom stereocenters. The molecule has 0 spiro atoms. The molecule has 0 aliphatic carbocycles. The molecule has 1 saturated heterocycles. The van der Waals surface area contributed by atoms with E-state index < -0.39 is 0 Å². The van der Waals surface area contributed by atoms with Crippen LogP contribution in [0, 0.1) is 5.92 Å². The Morgan fingerprint density at radius 1 is 1.20 bits per heavy atom. The van der Waals surface area contributed by atoms with Gasteiger partial charge in [-0.3, -0.25) is 4.79 Å². The van der Waals surface area contributed by atoms with E-state index in [1.165, 1.54) is 0 Å². The van der Waals surface area contributed by atoms with Crippen molar-refractivity contribution in [3.05, 3.63) is 0 Å². The second-order valence-corrected chi connectivity index (χ2v) is 3.11. The molecule has 0 radical (unpaired) electrons. The summed E-state index contributed by atoms with van der Waals surface area (Å²) in [4.78, 5) is 13.1. The lowest BCUT2D eigenvalue weighted by molar-refractivity contribution is -0.123. The second kappa shape index (κ2) is 11.5. The van der Waals surface area contributed by atoms with Crippen LogP contribution in [0.3, 0.4) is 0 Å². The molecule has 1 aliphatic heterocycles. The molecule has 2 N–H and O–H groups in total. The number of carbonyl (C=O) groups excluding carboxylic acids is 1. The van der Waals surface area contributed by atoms with Gasteiger partial charge >= 0.3 is 0 Å². The first-order valence-electron chi connectivity index (χ1n) is 6.25. The summed E-state index contributed by atoms with van der Waals surface area (Å²) in [5.74, 6) is 0.0125. The van der Waals surface area contributed by atoms with Crippen LogP contribution < -0.4 is 5.73 Å². The van der Waals surface area contributed by atoms with E-state index in [1.54, 1.807) is 0 Å². The molecule has 92 valence electrons. The third kappa shape index (κ3) is 7.37. The lowest BCUT2D eigenvalue weighted by Crippen LogP contribution is -2.38. The minimum Gasteiger partial charge on any atom is -0.369 e. The highest BCUT2D eigenvalue weighted by Gasteiger charge is 2.21. The number of likely N-dealkylation sites (tertiary alicyclic amines) is 1. The van der Waals surface area contributed by atoms with Gasteiger partial charge in [0.1, 0.15) is 0 Å². The van der Waals surface area contributed by atoms with Crippen LogP contribution in [0.5, 0.6) is 0 Å². The number of amides is 1. The number of primary amides is 1. The zero-order chi connectivity index (χ0) is 12.3. The molecule has 0 aromatic heterocycles. The number of carbonyl (C=O) groups is 1. The van der Waals surface area contributed by atoms with Crippen LogP contribution >= 0.6 is 0 Å². The average Bonchev–Trinajstić information content (AvgIpc) is 2.34. The topological polar surface area (TPSA) is 46.3 Å². The molecule has 1 rings (SSSR count). The van der Waals surface area contributed by atoms with Crippen molar-refractivity contribution in [1.29, 1.82) is 0 Å². The fourth-order valence-corrected chi connectivity index (χ4v) is 1.53. The number of rotatable bonds is 2. The third-order valence-corrected chi connectivity index (χ3v) is 2.44. The van der Waals surface area contributed by atoms with Crippen LogP contribution in [-0.2, 0) is 4.79 Å². The van der Waals surface area contributed by atoms with Gasteiger partial charge in [0, 0.05) is 5.92 Å². The second-order valence-electron chi connectivity index (χ2n) is 3.11. The smallest absolute Gasteiger partial charge is 0.220 e. The van der Waals surface area contributed by atoms with Crippen molar-refractivity contribution in [3.63, 3.8) is 0 Å². The summed E-state index contributed by atoms with van der Waals surface area (Å²) >= 11 is 0. The highest BCUT2D eigenvalue weighted by atomic mass is 16.1. The molecule has 1 aliphatic rings. The molecule has 15 heavy (non-hydrogen) atoms. The zero-order valence-electron chi connectivity index (χ0n) is 11.0. The maximum atomic E-state index is 10.8. The highest BCUT2D eigenvalue weighted by molar-refractivity contribution is 5.76. The lowest BCUT2D eigenvalue weighted by atomic mass is 9.96. The van der Waals surface area contributed by atoms with Gasteiger partial charge in [-0.15, -0.1) is 0 Å². The summed E-state index contributed by atoms with van der Waals surface area (Å²) in [6.07, 6.45) is 1.90. The van der Waals surface area contributed by atoms with Crippen LogP contribution in [0.4, 0.5) is 0 Å². The summed E-state index contributed by atoms with van der Waals surface area (Å²) in [6.45, 7) is 13.3. The number of nitrogens with zero attached hydrogens (tertiary/aromatic N) is 1. The van der Waals surface area contributed by atoms with E-state index in [4.69, 9.17) is 5.73 Å². The first-order valence-corrected chi connectivity index (χ1v) is 6.25. The van der Waals surface area contributed by atoms with E-state index in [1.807, 2.05) is 27.7 Å². The molecule has 0 aromatic rings. The molecular weight excluding hydrogens is 188 g/mol. The van der Waals surface area contributed by atoms with Crippen molar-refractivity contribution in [2.24, 2.45) is 11.7 Å². The molecule has 0 unspecified atom stereocenters.